The number of hydrogen-bond acceptors (Lipinski definition) is 3. The first kappa shape index (κ1) is 12.5. The van der Waals surface area contributed by atoms with E-state index in [0.29, 0.717) is 6.61 Å². The molecule has 1 aromatic rings. The number of pyridine rings is 1. The number of hydrogen-bond donors (Lipinski definition) is 1. The van der Waals surface area contributed by atoms with Gasteiger partial charge in [-0.05, 0) is 18.9 Å². The average Bonchev–Trinajstić information content (AvgIpc) is 2.90. The van der Waals surface area contributed by atoms with E-state index in [-0.39, 0.29) is 11.7 Å². The van der Waals surface area contributed by atoms with Gasteiger partial charge in [-0.15, -0.1) is 6.42 Å². The van der Waals surface area contributed by atoms with Gasteiger partial charge in [0.05, 0.1) is 17.9 Å². The molecule has 1 amide bonds. The molecule has 5 heteroatoms. The molecule has 0 aliphatic carbocycles. The summed E-state index contributed by atoms with van der Waals surface area (Å²) in [4.78, 5) is 15.4. The number of nitrogens with one attached hydrogen (secondary N) is 1. The lowest BCUT2D eigenvalue weighted by molar-refractivity contribution is 0.0773. The second-order valence-corrected chi connectivity index (χ2v) is 4.02. The molecule has 0 unspecified atom stereocenters. The molecule has 1 saturated heterocycles. The fourth-order valence-corrected chi connectivity index (χ4v) is 1.89. The minimum atomic E-state index is -0.668. The summed E-state index contributed by atoms with van der Waals surface area (Å²) < 4.78 is 18.8. The second-order valence-electron chi connectivity index (χ2n) is 4.02. The molecule has 18 heavy (non-hydrogen) atoms. The summed E-state index contributed by atoms with van der Waals surface area (Å²) in [5.41, 5.74) is -0.0664. The van der Waals surface area contributed by atoms with Gasteiger partial charge in [0.25, 0.3) is 5.91 Å². The predicted molar refractivity (Wildman–Crippen MR) is 63.3 cm³/mol. The summed E-state index contributed by atoms with van der Waals surface area (Å²) in [5, 5.41) is 2.60. The molecule has 1 aromatic heterocycles. The summed E-state index contributed by atoms with van der Waals surface area (Å²) >= 11 is 0. The van der Waals surface area contributed by atoms with Gasteiger partial charge in [0.2, 0.25) is 0 Å². The van der Waals surface area contributed by atoms with Gasteiger partial charge in [0.15, 0.2) is 5.82 Å². The van der Waals surface area contributed by atoms with Crippen LogP contribution in [0.5, 0.6) is 0 Å². The number of amides is 1. The lowest BCUT2D eigenvalue weighted by Gasteiger charge is -2.19. The van der Waals surface area contributed by atoms with Crippen LogP contribution in [0.2, 0.25) is 0 Å². The maximum Gasteiger partial charge on any atom is 0.255 e. The normalized spacial score (nSPS) is 20.1. The first-order valence-electron chi connectivity index (χ1n) is 5.70. The first-order valence-corrected chi connectivity index (χ1v) is 5.70. The number of ether oxygens (including phenoxy) is 1. The van der Waals surface area contributed by atoms with E-state index in [4.69, 9.17) is 11.2 Å². The Hall–Kier alpha value is -1.93. The molecule has 4 nitrogen and oxygen atoms in total. The third-order valence-electron chi connectivity index (χ3n) is 2.82. The Kier molecular flexibility index (Phi) is 3.90. The number of terminal acetylenes is 1. The third-order valence-corrected chi connectivity index (χ3v) is 2.82. The van der Waals surface area contributed by atoms with Crippen molar-refractivity contribution in [1.82, 2.24) is 10.3 Å². The van der Waals surface area contributed by atoms with Crippen molar-refractivity contribution in [2.24, 2.45) is 0 Å². The fourth-order valence-electron chi connectivity index (χ4n) is 1.89. The standard InChI is InChI=1S/C13H13FN2O2/c1-2-11(12-4-3-7-18-12)16-13(17)9-5-6-15-8-10(9)14/h1,5-6,8,11-12H,3-4,7H2,(H,16,17)/t11-,12-/m1/s1. The van der Waals surface area contributed by atoms with Crippen LogP contribution < -0.4 is 5.32 Å². The monoisotopic (exact) mass is 248 g/mol. The quantitative estimate of drug-likeness (QED) is 0.816. The van der Waals surface area contributed by atoms with Crippen LogP contribution in [0.25, 0.3) is 0 Å². The highest BCUT2D eigenvalue weighted by Crippen LogP contribution is 2.16. The van der Waals surface area contributed by atoms with E-state index in [1.165, 1.54) is 12.3 Å². The Morgan fingerprint density at radius 2 is 2.56 bits per heavy atom. The molecular formula is C13H13FN2O2. The number of aromatic nitrogens is 1. The van der Waals surface area contributed by atoms with Crippen LogP contribution in [-0.4, -0.2) is 29.6 Å². The summed E-state index contributed by atoms with van der Waals surface area (Å²) in [6.07, 6.45) is 9.24. The molecule has 0 saturated carbocycles. The molecular weight excluding hydrogens is 235 g/mol. The molecule has 2 atom stereocenters. The van der Waals surface area contributed by atoms with Crippen molar-refractivity contribution in [2.75, 3.05) is 6.61 Å². The number of rotatable bonds is 3. The molecule has 1 aliphatic rings. The zero-order valence-corrected chi connectivity index (χ0v) is 9.73. The Morgan fingerprint density at radius 3 is 3.17 bits per heavy atom. The van der Waals surface area contributed by atoms with Crippen molar-refractivity contribution >= 4 is 5.91 Å². The van der Waals surface area contributed by atoms with Crippen LogP contribution in [0.1, 0.15) is 23.2 Å². The fraction of sp³-hybridized carbons (Fsp3) is 0.385. The Labute approximate surface area is 105 Å². The summed E-state index contributed by atoms with van der Waals surface area (Å²) in [7, 11) is 0. The minimum Gasteiger partial charge on any atom is -0.375 e. The van der Waals surface area contributed by atoms with Crippen LogP contribution in [-0.2, 0) is 4.74 Å². The van der Waals surface area contributed by atoms with Crippen LogP contribution in [0.4, 0.5) is 4.39 Å². The Morgan fingerprint density at radius 1 is 1.72 bits per heavy atom. The summed E-state index contributed by atoms with van der Waals surface area (Å²) in [6, 6.07) is 0.779. The molecule has 1 aliphatic heterocycles. The van der Waals surface area contributed by atoms with E-state index >= 15 is 0 Å². The van der Waals surface area contributed by atoms with Gasteiger partial charge >= 0.3 is 0 Å². The van der Waals surface area contributed by atoms with Crippen molar-refractivity contribution < 1.29 is 13.9 Å². The second kappa shape index (κ2) is 5.61. The van der Waals surface area contributed by atoms with Gasteiger partial charge in [-0.2, -0.15) is 0 Å². The number of carbonyl (C=O) groups is 1. The molecule has 0 spiro atoms. The molecule has 94 valence electrons. The van der Waals surface area contributed by atoms with Crippen LogP contribution in [0, 0.1) is 18.2 Å². The highest BCUT2D eigenvalue weighted by Gasteiger charge is 2.26. The SMILES string of the molecule is C#C[C@@H](NC(=O)c1ccncc1F)[C@H]1CCCO1. The van der Waals surface area contributed by atoms with Crippen LogP contribution in [0.3, 0.4) is 0 Å². The summed E-state index contributed by atoms with van der Waals surface area (Å²) in [5.74, 6) is 1.25. The van der Waals surface area contributed by atoms with Gasteiger partial charge in [-0.3, -0.25) is 9.78 Å². The predicted octanol–water partition coefficient (Wildman–Crippen LogP) is 1.13. The molecule has 1 fully saturated rings. The molecule has 0 bridgehead atoms. The zero-order valence-electron chi connectivity index (χ0n) is 9.73. The minimum absolute atomic E-state index is 0.0664. The highest BCUT2D eigenvalue weighted by molar-refractivity contribution is 5.94. The average molecular weight is 248 g/mol. The molecule has 0 aromatic carbocycles. The van der Waals surface area contributed by atoms with Gasteiger partial charge in [0, 0.05) is 12.8 Å². The smallest absolute Gasteiger partial charge is 0.255 e. The topological polar surface area (TPSA) is 51.2 Å². The van der Waals surface area contributed by atoms with Crippen LogP contribution in [0.15, 0.2) is 18.5 Å². The van der Waals surface area contributed by atoms with Crippen molar-refractivity contribution in [3.8, 4) is 12.3 Å². The Bertz CT molecular complexity index is 478. The van der Waals surface area contributed by atoms with Gasteiger partial charge in [-0.1, -0.05) is 5.92 Å². The highest BCUT2D eigenvalue weighted by atomic mass is 19.1. The largest absolute Gasteiger partial charge is 0.375 e. The van der Waals surface area contributed by atoms with Crippen molar-refractivity contribution in [2.45, 2.75) is 25.0 Å². The number of nitrogens with zero attached hydrogens (tertiary/aromatic N) is 1. The van der Waals surface area contributed by atoms with Gasteiger partial charge in [-0.25, -0.2) is 4.39 Å². The number of carbonyl (C=O) groups excluding carboxylic acids is 1. The first-order chi connectivity index (χ1) is 8.72. The van der Waals surface area contributed by atoms with Gasteiger partial charge < -0.3 is 10.1 Å². The van der Waals surface area contributed by atoms with E-state index in [0.717, 1.165) is 19.0 Å². The lowest BCUT2D eigenvalue weighted by Crippen LogP contribution is -2.42. The van der Waals surface area contributed by atoms with Crippen molar-refractivity contribution in [1.29, 1.82) is 0 Å². The summed E-state index contributed by atoms with van der Waals surface area (Å²) in [6.45, 7) is 0.641. The Balaban J connectivity index is 2.06. The van der Waals surface area contributed by atoms with Gasteiger partial charge in [0.1, 0.15) is 6.04 Å². The maximum absolute atomic E-state index is 13.4. The van der Waals surface area contributed by atoms with E-state index < -0.39 is 17.8 Å². The maximum atomic E-state index is 13.4. The molecule has 2 heterocycles. The molecule has 1 N–H and O–H groups in total. The van der Waals surface area contributed by atoms with E-state index in [9.17, 15) is 9.18 Å². The van der Waals surface area contributed by atoms with E-state index in [1.807, 2.05) is 0 Å². The molecule has 2 rings (SSSR count). The van der Waals surface area contributed by atoms with E-state index in [1.54, 1.807) is 0 Å². The third kappa shape index (κ3) is 2.66. The van der Waals surface area contributed by atoms with E-state index in [2.05, 4.69) is 16.2 Å². The lowest BCUT2D eigenvalue weighted by atomic mass is 10.1. The van der Waals surface area contributed by atoms with Crippen molar-refractivity contribution in [3.05, 3.63) is 29.8 Å². The number of halogens is 1. The zero-order chi connectivity index (χ0) is 13.0. The van der Waals surface area contributed by atoms with Crippen LogP contribution >= 0.6 is 0 Å². The molecule has 0 radical (unpaired) electrons. The van der Waals surface area contributed by atoms with Crippen molar-refractivity contribution in [3.63, 3.8) is 0 Å².